The lowest BCUT2D eigenvalue weighted by Crippen LogP contribution is -2.31. The predicted molar refractivity (Wildman–Crippen MR) is 90.6 cm³/mol. The Morgan fingerprint density at radius 2 is 1.86 bits per heavy atom. The quantitative estimate of drug-likeness (QED) is 0.811. The number of benzene rings is 2. The molecule has 0 radical (unpaired) electrons. The first-order valence-corrected chi connectivity index (χ1v) is 7.66. The third-order valence-corrected chi connectivity index (χ3v) is 4.06. The van der Waals surface area contributed by atoms with Gasteiger partial charge in [0.2, 0.25) is 0 Å². The lowest BCUT2D eigenvalue weighted by atomic mass is 10.0. The molecule has 0 aliphatic carbocycles. The standard InChI is InChI=1S/C17H19BrN2O/c1-11-8-9-12(2)14(10-11)13(3)19-17(21)20-16-7-5-4-6-15(16)18/h4-10,13H,1-3H3,(H2,19,20,21)/t13-/m1/s1. The molecule has 2 aromatic carbocycles. The predicted octanol–water partition coefficient (Wildman–Crippen LogP) is 4.95. The molecule has 0 aliphatic rings. The van der Waals surface area contributed by atoms with E-state index in [1.54, 1.807) is 0 Å². The van der Waals surface area contributed by atoms with Gasteiger partial charge in [-0.05, 0) is 60.0 Å². The molecular formula is C17H19BrN2O. The molecule has 0 heterocycles. The summed E-state index contributed by atoms with van der Waals surface area (Å²) >= 11 is 3.41. The molecule has 2 rings (SSSR count). The van der Waals surface area contributed by atoms with Crippen molar-refractivity contribution >= 4 is 27.6 Å². The maximum absolute atomic E-state index is 12.1. The van der Waals surface area contributed by atoms with Crippen LogP contribution in [0.1, 0.15) is 29.7 Å². The van der Waals surface area contributed by atoms with E-state index in [2.05, 4.69) is 58.6 Å². The molecule has 110 valence electrons. The van der Waals surface area contributed by atoms with E-state index < -0.39 is 0 Å². The van der Waals surface area contributed by atoms with E-state index in [0.717, 1.165) is 15.7 Å². The highest BCUT2D eigenvalue weighted by molar-refractivity contribution is 9.10. The number of halogens is 1. The van der Waals surface area contributed by atoms with Crippen LogP contribution in [0.4, 0.5) is 10.5 Å². The summed E-state index contributed by atoms with van der Waals surface area (Å²) in [4.78, 5) is 12.1. The van der Waals surface area contributed by atoms with Crippen molar-refractivity contribution in [3.63, 3.8) is 0 Å². The monoisotopic (exact) mass is 346 g/mol. The van der Waals surface area contributed by atoms with Crippen molar-refractivity contribution in [1.29, 1.82) is 0 Å². The average Bonchev–Trinajstić information content (AvgIpc) is 2.44. The number of carbonyl (C=O) groups is 1. The number of carbonyl (C=O) groups excluding carboxylic acids is 1. The van der Waals surface area contributed by atoms with Crippen molar-refractivity contribution in [2.75, 3.05) is 5.32 Å². The topological polar surface area (TPSA) is 41.1 Å². The SMILES string of the molecule is Cc1ccc(C)c([C@@H](C)NC(=O)Nc2ccccc2Br)c1. The summed E-state index contributed by atoms with van der Waals surface area (Å²) in [7, 11) is 0. The van der Waals surface area contributed by atoms with E-state index in [-0.39, 0.29) is 12.1 Å². The summed E-state index contributed by atoms with van der Waals surface area (Å²) in [5.41, 5.74) is 4.25. The Morgan fingerprint density at radius 3 is 2.57 bits per heavy atom. The molecule has 0 fully saturated rings. The Morgan fingerprint density at radius 1 is 1.14 bits per heavy atom. The average molecular weight is 347 g/mol. The molecule has 1 atom stereocenters. The minimum Gasteiger partial charge on any atom is -0.331 e. The number of urea groups is 1. The highest BCUT2D eigenvalue weighted by atomic mass is 79.9. The number of anilines is 1. The van der Waals surface area contributed by atoms with Crippen LogP contribution in [-0.4, -0.2) is 6.03 Å². The van der Waals surface area contributed by atoms with Crippen LogP contribution in [0.25, 0.3) is 0 Å². The second-order valence-corrected chi connectivity index (χ2v) is 6.01. The molecule has 2 aromatic rings. The third-order valence-electron chi connectivity index (χ3n) is 3.37. The van der Waals surface area contributed by atoms with E-state index in [1.807, 2.05) is 31.2 Å². The molecule has 0 bridgehead atoms. The van der Waals surface area contributed by atoms with Gasteiger partial charge in [-0.15, -0.1) is 0 Å². The van der Waals surface area contributed by atoms with Gasteiger partial charge in [-0.1, -0.05) is 35.9 Å². The fraction of sp³-hybridized carbons (Fsp3) is 0.235. The molecule has 0 spiro atoms. The van der Waals surface area contributed by atoms with Crippen LogP contribution in [0.5, 0.6) is 0 Å². The van der Waals surface area contributed by atoms with Gasteiger partial charge in [0.05, 0.1) is 11.7 Å². The first-order chi connectivity index (χ1) is 9.97. The molecule has 21 heavy (non-hydrogen) atoms. The highest BCUT2D eigenvalue weighted by Crippen LogP contribution is 2.22. The Kier molecular flexibility index (Phi) is 5.02. The number of hydrogen-bond acceptors (Lipinski definition) is 1. The lowest BCUT2D eigenvalue weighted by molar-refractivity contribution is 0.249. The van der Waals surface area contributed by atoms with E-state index in [4.69, 9.17) is 0 Å². The first kappa shape index (κ1) is 15.6. The molecular weight excluding hydrogens is 328 g/mol. The molecule has 0 aromatic heterocycles. The van der Waals surface area contributed by atoms with Crippen molar-refractivity contribution in [2.24, 2.45) is 0 Å². The highest BCUT2D eigenvalue weighted by Gasteiger charge is 2.12. The maximum atomic E-state index is 12.1. The number of aryl methyl sites for hydroxylation is 2. The Labute approximate surface area is 133 Å². The van der Waals surface area contributed by atoms with Crippen LogP contribution in [0, 0.1) is 13.8 Å². The molecule has 0 aliphatic heterocycles. The van der Waals surface area contributed by atoms with Crippen molar-refractivity contribution < 1.29 is 4.79 Å². The van der Waals surface area contributed by atoms with Gasteiger partial charge in [-0.25, -0.2) is 4.79 Å². The first-order valence-electron chi connectivity index (χ1n) is 6.86. The fourth-order valence-electron chi connectivity index (χ4n) is 2.22. The zero-order valence-electron chi connectivity index (χ0n) is 12.4. The van der Waals surface area contributed by atoms with Crippen molar-refractivity contribution in [1.82, 2.24) is 5.32 Å². The van der Waals surface area contributed by atoms with Gasteiger partial charge in [-0.3, -0.25) is 0 Å². The number of nitrogens with one attached hydrogen (secondary N) is 2. The van der Waals surface area contributed by atoms with Gasteiger partial charge in [0.25, 0.3) is 0 Å². The minimum absolute atomic E-state index is 0.0487. The van der Waals surface area contributed by atoms with E-state index >= 15 is 0 Å². The molecule has 2 amide bonds. The number of hydrogen-bond donors (Lipinski definition) is 2. The van der Waals surface area contributed by atoms with Gasteiger partial charge in [0.15, 0.2) is 0 Å². The van der Waals surface area contributed by atoms with Crippen LogP contribution in [0.3, 0.4) is 0 Å². The van der Waals surface area contributed by atoms with Gasteiger partial charge < -0.3 is 10.6 Å². The Hall–Kier alpha value is -1.81. The normalized spacial score (nSPS) is 11.8. The van der Waals surface area contributed by atoms with Gasteiger partial charge in [-0.2, -0.15) is 0 Å². The summed E-state index contributed by atoms with van der Waals surface area (Å²) < 4.78 is 0.861. The van der Waals surface area contributed by atoms with Crippen molar-refractivity contribution in [3.8, 4) is 0 Å². The Bertz CT molecular complexity index is 655. The summed E-state index contributed by atoms with van der Waals surface area (Å²) in [6.07, 6.45) is 0. The largest absolute Gasteiger partial charge is 0.331 e. The van der Waals surface area contributed by atoms with Crippen LogP contribution < -0.4 is 10.6 Å². The van der Waals surface area contributed by atoms with Crippen LogP contribution in [0.15, 0.2) is 46.9 Å². The van der Waals surface area contributed by atoms with Crippen molar-refractivity contribution in [3.05, 3.63) is 63.6 Å². The van der Waals surface area contributed by atoms with Crippen LogP contribution in [0.2, 0.25) is 0 Å². The minimum atomic E-state index is -0.213. The maximum Gasteiger partial charge on any atom is 0.319 e. The third kappa shape index (κ3) is 4.08. The molecule has 2 N–H and O–H groups in total. The summed E-state index contributed by atoms with van der Waals surface area (Å²) in [5.74, 6) is 0. The summed E-state index contributed by atoms with van der Waals surface area (Å²) in [5, 5.41) is 5.82. The second-order valence-electron chi connectivity index (χ2n) is 5.16. The van der Waals surface area contributed by atoms with Crippen LogP contribution in [-0.2, 0) is 0 Å². The van der Waals surface area contributed by atoms with E-state index in [9.17, 15) is 4.79 Å². The second kappa shape index (κ2) is 6.76. The van der Waals surface area contributed by atoms with Crippen molar-refractivity contribution in [2.45, 2.75) is 26.8 Å². The molecule has 0 unspecified atom stereocenters. The zero-order valence-corrected chi connectivity index (χ0v) is 14.0. The Balaban J connectivity index is 2.06. The van der Waals surface area contributed by atoms with Gasteiger partial charge >= 0.3 is 6.03 Å². The van der Waals surface area contributed by atoms with Gasteiger partial charge in [0, 0.05) is 4.47 Å². The smallest absolute Gasteiger partial charge is 0.319 e. The van der Waals surface area contributed by atoms with E-state index in [0.29, 0.717) is 0 Å². The molecule has 0 saturated heterocycles. The van der Waals surface area contributed by atoms with E-state index in [1.165, 1.54) is 11.1 Å². The number of amides is 2. The summed E-state index contributed by atoms with van der Waals surface area (Å²) in [6.45, 7) is 6.09. The van der Waals surface area contributed by atoms with Crippen LogP contribution >= 0.6 is 15.9 Å². The number of rotatable bonds is 3. The molecule has 0 saturated carbocycles. The fourth-order valence-corrected chi connectivity index (χ4v) is 2.61. The summed E-state index contributed by atoms with van der Waals surface area (Å²) in [6, 6.07) is 13.5. The van der Waals surface area contributed by atoms with Gasteiger partial charge in [0.1, 0.15) is 0 Å². The molecule has 3 nitrogen and oxygen atoms in total. The number of para-hydroxylation sites is 1. The lowest BCUT2D eigenvalue weighted by Gasteiger charge is -2.18. The molecule has 4 heteroatoms. The zero-order chi connectivity index (χ0) is 15.4.